The molecule has 0 aliphatic carbocycles. The molecule has 0 aliphatic rings. The van der Waals surface area contributed by atoms with Crippen molar-refractivity contribution in [2.45, 2.75) is 6.92 Å². The van der Waals surface area contributed by atoms with E-state index in [9.17, 15) is 9.59 Å². The van der Waals surface area contributed by atoms with Crippen molar-refractivity contribution in [3.05, 3.63) is 18.2 Å². The lowest BCUT2D eigenvalue weighted by Gasteiger charge is -1.99. The average molecular weight is 249 g/mol. The number of nitrogens with zero attached hydrogens (tertiary/aromatic N) is 1. The smallest absolute Gasteiger partial charge is 0.413 e. The van der Waals surface area contributed by atoms with Gasteiger partial charge in [-0.05, 0) is 12.1 Å². The third-order valence-electron chi connectivity index (χ3n) is 2.12. The molecule has 2 aromatic rings. The van der Waals surface area contributed by atoms with Gasteiger partial charge >= 0.3 is 12.1 Å². The van der Waals surface area contributed by atoms with Crippen LogP contribution in [0.3, 0.4) is 0 Å². The van der Waals surface area contributed by atoms with Gasteiger partial charge in [0.25, 0.3) is 0 Å². The summed E-state index contributed by atoms with van der Waals surface area (Å²) in [5.74, 6) is 0.266. The third-order valence-corrected chi connectivity index (χ3v) is 2.12. The number of amides is 1. The standard InChI is InChI=1S/C11H11N3O4/c1-6(15)18-7-3-4-8-9(5-7)13-10(12-8)14-11(16)17-2/h3-5H,1-2H3,(H2,12,13,14,16). The Balaban J connectivity index is 2.27. The van der Waals surface area contributed by atoms with Crippen LogP contribution < -0.4 is 10.1 Å². The summed E-state index contributed by atoms with van der Waals surface area (Å²) in [6.45, 7) is 1.32. The highest BCUT2D eigenvalue weighted by atomic mass is 16.5. The quantitative estimate of drug-likeness (QED) is 0.623. The Morgan fingerprint density at radius 3 is 2.83 bits per heavy atom. The average Bonchev–Trinajstić information content (AvgIpc) is 2.69. The minimum atomic E-state index is -0.616. The largest absolute Gasteiger partial charge is 0.453 e. The van der Waals surface area contributed by atoms with Crippen molar-refractivity contribution in [3.63, 3.8) is 0 Å². The number of fused-ring (bicyclic) bond motifs is 1. The molecule has 0 aliphatic heterocycles. The summed E-state index contributed by atoms with van der Waals surface area (Å²) in [5, 5.41) is 2.41. The first kappa shape index (κ1) is 11.9. The molecule has 0 saturated carbocycles. The predicted molar refractivity (Wildman–Crippen MR) is 63.4 cm³/mol. The first-order valence-electron chi connectivity index (χ1n) is 5.11. The van der Waals surface area contributed by atoms with E-state index in [1.807, 2.05) is 0 Å². The van der Waals surface area contributed by atoms with Gasteiger partial charge in [0.15, 0.2) is 0 Å². The molecular weight excluding hydrogens is 238 g/mol. The monoisotopic (exact) mass is 249 g/mol. The molecule has 2 N–H and O–H groups in total. The Labute approximate surface area is 102 Å². The van der Waals surface area contributed by atoms with Gasteiger partial charge < -0.3 is 14.5 Å². The Morgan fingerprint density at radius 2 is 2.17 bits per heavy atom. The van der Waals surface area contributed by atoms with E-state index in [2.05, 4.69) is 20.0 Å². The van der Waals surface area contributed by atoms with Crippen molar-refractivity contribution in [3.8, 4) is 5.75 Å². The van der Waals surface area contributed by atoms with E-state index in [-0.39, 0.29) is 5.95 Å². The number of carbonyl (C=O) groups excluding carboxylic acids is 2. The van der Waals surface area contributed by atoms with Crippen molar-refractivity contribution in [2.24, 2.45) is 0 Å². The van der Waals surface area contributed by atoms with E-state index in [1.165, 1.54) is 14.0 Å². The SMILES string of the molecule is COC(=O)Nc1nc2ccc(OC(C)=O)cc2[nH]1. The van der Waals surface area contributed by atoms with Crippen LogP contribution in [-0.4, -0.2) is 29.1 Å². The predicted octanol–water partition coefficient (Wildman–Crippen LogP) is 1.67. The first-order chi connectivity index (χ1) is 8.58. The highest BCUT2D eigenvalue weighted by Crippen LogP contribution is 2.20. The van der Waals surface area contributed by atoms with Gasteiger partial charge in [-0.2, -0.15) is 0 Å². The van der Waals surface area contributed by atoms with E-state index in [1.54, 1.807) is 18.2 Å². The van der Waals surface area contributed by atoms with E-state index < -0.39 is 12.1 Å². The number of anilines is 1. The summed E-state index contributed by atoms with van der Waals surface area (Å²) < 4.78 is 9.38. The van der Waals surface area contributed by atoms with Gasteiger partial charge in [-0.25, -0.2) is 9.78 Å². The summed E-state index contributed by atoms with van der Waals surface area (Å²) in [5.41, 5.74) is 1.28. The van der Waals surface area contributed by atoms with E-state index in [0.29, 0.717) is 16.8 Å². The van der Waals surface area contributed by atoms with Crippen molar-refractivity contribution < 1.29 is 19.1 Å². The number of carbonyl (C=O) groups is 2. The number of rotatable bonds is 2. The normalized spacial score (nSPS) is 10.1. The van der Waals surface area contributed by atoms with Crippen LogP contribution in [0.15, 0.2) is 18.2 Å². The number of aromatic nitrogens is 2. The number of hydrogen-bond acceptors (Lipinski definition) is 5. The minimum Gasteiger partial charge on any atom is -0.453 e. The van der Waals surface area contributed by atoms with Crippen molar-refractivity contribution in [1.82, 2.24) is 9.97 Å². The Morgan fingerprint density at radius 1 is 1.39 bits per heavy atom. The molecule has 0 atom stereocenters. The number of hydrogen-bond donors (Lipinski definition) is 2. The van der Waals surface area contributed by atoms with Crippen LogP contribution in [0.1, 0.15) is 6.92 Å². The second kappa shape index (κ2) is 4.74. The topological polar surface area (TPSA) is 93.3 Å². The molecule has 1 aromatic heterocycles. The molecule has 1 aromatic carbocycles. The fraction of sp³-hybridized carbons (Fsp3) is 0.182. The maximum atomic E-state index is 11.0. The zero-order chi connectivity index (χ0) is 13.1. The zero-order valence-corrected chi connectivity index (χ0v) is 9.81. The Bertz CT molecular complexity index is 605. The van der Waals surface area contributed by atoms with Gasteiger partial charge in [0.1, 0.15) is 5.75 Å². The molecule has 94 valence electrons. The van der Waals surface area contributed by atoms with E-state index in [4.69, 9.17) is 4.74 Å². The molecule has 0 saturated heterocycles. The van der Waals surface area contributed by atoms with Crippen LogP contribution in [0, 0.1) is 0 Å². The lowest BCUT2D eigenvalue weighted by Crippen LogP contribution is -2.11. The van der Waals surface area contributed by atoms with E-state index >= 15 is 0 Å². The molecule has 0 bridgehead atoms. The fourth-order valence-corrected chi connectivity index (χ4v) is 1.43. The molecule has 0 radical (unpaired) electrons. The summed E-state index contributed by atoms with van der Waals surface area (Å²) in [6.07, 6.45) is -0.616. The van der Waals surface area contributed by atoms with Gasteiger partial charge in [0, 0.05) is 13.0 Å². The van der Waals surface area contributed by atoms with Crippen LogP contribution in [0.4, 0.5) is 10.7 Å². The second-order valence-corrected chi connectivity index (χ2v) is 3.47. The molecule has 18 heavy (non-hydrogen) atoms. The number of esters is 1. The highest BCUT2D eigenvalue weighted by molar-refractivity contribution is 5.86. The summed E-state index contributed by atoms with van der Waals surface area (Å²) >= 11 is 0. The van der Waals surface area contributed by atoms with Crippen LogP contribution in [0.25, 0.3) is 11.0 Å². The molecule has 1 amide bonds. The maximum absolute atomic E-state index is 11.0. The van der Waals surface area contributed by atoms with Gasteiger partial charge in [-0.3, -0.25) is 10.1 Å². The minimum absolute atomic E-state index is 0.261. The number of aromatic amines is 1. The van der Waals surface area contributed by atoms with Crippen LogP contribution >= 0.6 is 0 Å². The number of H-pyrrole nitrogens is 1. The van der Waals surface area contributed by atoms with Crippen molar-refractivity contribution >= 4 is 29.0 Å². The van der Waals surface area contributed by atoms with E-state index in [0.717, 1.165) is 0 Å². The van der Waals surface area contributed by atoms with Gasteiger partial charge in [-0.1, -0.05) is 0 Å². The lowest BCUT2D eigenvalue weighted by molar-refractivity contribution is -0.131. The molecule has 0 spiro atoms. The molecule has 1 heterocycles. The molecule has 0 fully saturated rings. The molecule has 2 rings (SSSR count). The molecule has 7 nitrogen and oxygen atoms in total. The van der Waals surface area contributed by atoms with Crippen LogP contribution in [0.2, 0.25) is 0 Å². The lowest BCUT2D eigenvalue weighted by atomic mass is 10.3. The van der Waals surface area contributed by atoms with Crippen molar-refractivity contribution in [2.75, 3.05) is 12.4 Å². The summed E-state index contributed by atoms with van der Waals surface area (Å²) in [6, 6.07) is 4.91. The number of methoxy groups -OCH3 is 1. The Kier molecular flexibility index (Phi) is 3.13. The maximum Gasteiger partial charge on any atom is 0.413 e. The van der Waals surface area contributed by atoms with Gasteiger partial charge in [0.05, 0.1) is 18.1 Å². The van der Waals surface area contributed by atoms with Gasteiger partial charge in [0.2, 0.25) is 5.95 Å². The third kappa shape index (κ3) is 2.57. The fourth-order valence-electron chi connectivity index (χ4n) is 1.43. The van der Waals surface area contributed by atoms with Crippen LogP contribution in [0.5, 0.6) is 5.75 Å². The second-order valence-electron chi connectivity index (χ2n) is 3.47. The zero-order valence-electron chi connectivity index (χ0n) is 9.81. The number of ether oxygens (including phenoxy) is 2. The summed E-state index contributed by atoms with van der Waals surface area (Å²) in [4.78, 5) is 28.8. The first-order valence-corrected chi connectivity index (χ1v) is 5.11. The highest BCUT2D eigenvalue weighted by Gasteiger charge is 2.08. The van der Waals surface area contributed by atoms with Crippen molar-refractivity contribution in [1.29, 1.82) is 0 Å². The summed E-state index contributed by atoms with van der Waals surface area (Å²) in [7, 11) is 1.26. The Hall–Kier alpha value is -2.57. The van der Waals surface area contributed by atoms with Gasteiger partial charge in [-0.15, -0.1) is 0 Å². The molecule has 0 unspecified atom stereocenters. The van der Waals surface area contributed by atoms with Crippen LogP contribution in [-0.2, 0) is 9.53 Å². The molecule has 7 heteroatoms. The molecular formula is C11H11N3O4. The number of benzene rings is 1. The number of nitrogens with one attached hydrogen (secondary N) is 2. The number of imidazole rings is 1.